The Balaban J connectivity index is 1.23. The molecule has 33 heavy (non-hydrogen) atoms. The lowest BCUT2D eigenvalue weighted by Crippen LogP contribution is -2.40. The highest BCUT2D eigenvalue weighted by atomic mass is 19.4. The van der Waals surface area contributed by atoms with Crippen LogP contribution in [-0.4, -0.2) is 37.6 Å². The van der Waals surface area contributed by atoms with E-state index in [1.165, 1.54) is 22.6 Å². The maximum atomic E-state index is 14.1. The molecule has 1 aromatic carbocycles. The van der Waals surface area contributed by atoms with E-state index in [0.29, 0.717) is 37.0 Å². The molecule has 11 heteroatoms. The van der Waals surface area contributed by atoms with E-state index < -0.39 is 23.6 Å². The topological polar surface area (TPSA) is 87.1 Å². The Morgan fingerprint density at radius 1 is 1.06 bits per heavy atom. The molecule has 3 aromatic heterocycles. The van der Waals surface area contributed by atoms with E-state index in [-0.39, 0.29) is 28.8 Å². The lowest BCUT2D eigenvalue weighted by atomic mass is 9.91. The van der Waals surface area contributed by atoms with Gasteiger partial charge in [0, 0.05) is 18.3 Å². The number of aromatic amines is 1. The Morgan fingerprint density at radius 3 is 2.55 bits per heavy atom. The fraction of sp³-hybridized carbons (Fsp3) is 0.318. The molecule has 172 valence electrons. The maximum absolute atomic E-state index is 14.1. The summed E-state index contributed by atoms with van der Waals surface area (Å²) in [5.41, 5.74) is -0.246. The first-order valence-electron chi connectivity index (χ1n) is 10.5. The summed E-state index contributed by atoms with van der Waals surface area (Å²) >= 11 is 0. The first-order valence-corrected chi connectivity index (χ1v) is 10.5. The Kier molecular flexibility index (Phi) is 5.18. The molecule has 3 heterocycles. The molecule has 0 unspecified atom stereocenters. The van der Waals surface area contributed by atoms with Crippen molar-refractivity contribution < 1.29 is 22.4 Å². The van der Waals surface area contributed by atoms with Crippen LogP contribution < -0.4 is 10.6 Å². The van der Waals surface area contributed by atoms with Gasteiger partial charge in [-0.2, -0.15) is 18.3 Å². The Morgan fingerprint density at radius 2 is 1.79 bits per heavy atom. The van der Waals surface area contributed by atoms with Crippen molar-refractivity contribution in [3.8, 4) is 0 Å². The van der Waals surface area contributed by atoms with E-state index >= 15 is 0 Å². The first-order chi connectivity index (χ1) is 15.8. The summed E-state index contributed by atoms with van der Waals surface area (Å²) in [6, 6.07) is 9.26. The smallest absolute Gasteiger partial charge is 0.368 e. The third-order valence-corrected chi connectivity index (χ3v) is 5.95. The standard InChI is InChI=1S/C22H20F4N6O/c23-14-3-1-4-15-19(14)20(31-30-15)21(33)28-13-9-7-12(8-10-13)27-17-5-2-6-18-29-16(11-32(17)18)22(24,25)26/h1-6,11-13,27H,7-10H2,(H,28,33)(H,30,31). The number of anilines is 1. The van der Waals surface area contributed by atoms with Crippen LogP contribution in [0.3, 0.4) is 0 Å². The van der Waals surface area contributed by atoms with Crippen molar-refractivity contribution >= 4 is 28.3 Å². The van der Waals surface area contributed by atoms with Gasteiger partial charge in [0.05, 0.1) is 10.9 Å². The Labute approximate surface area is 185 Å². The average molecular weight is 460 g/mol. The number of aromatic nitrogens is 4. The number of halogens is 4. The van der Waals surface area contributed by atoms with Crippen molar-refractivity contribution in [3.63, 3.8) is 0 Å². The van der Waals surface area contributed by atoms with Gasteiger partial charge in [-0.05, 0) is 49.9 Å². The van der Waals surface area contributed by atoms with Crippen molar-refractivity contribution in [2.24, 2.45) is 0 Å². The average Bonchev–Trinajstić information content (AvgIpc) is 3.41. The molecule has 0 bridgehead atoms. The lowest BCUT2D eigenvalue weighted by molar-refractivity contribution is -0.140. The van der Waals surface area contributed by atoms with Gasteiger partial charge in [0.25, 0.3) is 5.91 Å². The highest BCUT2D eigenvalue weighted by molar-refractivity contribution is 6.04. The second-order valence-electron chi connectivity index (χ2n) is 8.16. The molecule has 0 aliphatic heterocycles. The van der Waals surface area contributed by atoms with E-state index in [2.05, 4.69) is 25.8 Å². The largest absolute Gasteiger partial charge is 0.434 e. The summed E-state index contributed by atoms with van der Waals surface area (Å²) < 4.78 is 54.6. The minimum absolute atomic E-state index is 0.0333. The fourth-order valence-electron chi connectivity index (χ4n) is 4.30. The van der Waals surface area contributed by atoms with Gasteiger partial charge in [0.2, 0.25) is 0 Å². The number of hydrogen-bond donors (Lipinski definition) is 3. The van der Waals surface area contributed by atoms with Crippen LogP contribution in [0.25, 0.3) is 16.6 Å². The zero-order valence-corrected chi connectivity index (χ0v) is 17.3. The SMILES string of the molecule is O=C(NC1CCC(Nc2cccc3nc(C(F)(F)F)cn23)CC1)c1[nH]nc2cccc(F)c12. The summed E-state index contributed by atoms with van der Waals surface area (Å²) in [7, 11) is 0. The molecule has 5 rings (SSSR count). The van der Waals surface area contributed by atoms with Crippen molar-refractivity contribution in [3.05, 3.63) is 59.8 Å². The zero-order chi connectivity index (χ0) is 23.2. The number of fused-ring (bicyclic) bond motifs is 2. The molecule has 0 saturated heterocycles. The van der Waals surface area contributed by atoms with Crippen molar-refractivity contribution in [2.75, 3.05) is 5.32 Å². The van der Waals surface area contributed by atoms with Gasteiger partial charge in [0.15, 0.2) is 5.69 Å². The molecule has 3 N–H and O–H groups in total. The number of nitrogens with one attached hydrogen (secondary N) is 3. The van der Waals surface area contributed by atoms with Crippen LogP contribution in [0, 0.1) is 5.82 Å². The number of carbonyl (C=O) groups excluding carboxylic acids is 1. The Bertz CT molecular complexity index is 1320. The number of nitrogens with zero attached hydrogens (tertiary/aromatic N) is 3. The molecule has 0 spiro atoms. The number of imidazole rings is 1. The van der Waals surface area contributed by atoms with Crippen LogP contribution in [0.5, 0.6) is 0 Å². The normalized spacial score (nSPS) is 19.2. The van der Waals surface area contributed by atoms with E-state index in [9.17, 15) is 22.4 Å². The van der Waals surface area contributed by atoms with E-state index in [1.807, 2.05) is 0 Å². The monoisotopic (exact) mass is 460 g/mol. The molecule has 0 atom stereocenters. The summed E-state index contributed by atoms with van der Waals surface area (Å²) in [5.74, 6) is -0.397. The second kappa shape index (κ2) is 8.05. The summed E-state index contributed by atoms with van der Waals surface area (Å²) in [5, 5.41) is 13.0. The third-order valence-electron chi connectivity index (χ3n) is 5.95. The van der Waals surface area contributed by atoms with Crippen LogP contribution in [0.15, 0.2) is 42.6 Å². The highest BCUT2D eigenvalue weighted by Gasteiger charge is 2.34. The number of pyridine rings is 1. The fourth-order valence-corrected chi connectivity index (χ4v) is 4.30. The van der Waals surface area contributed by atoms with Crippen molar-refractivity contribution in [1.29, 1.82) is 0 Å². The minimum Gasteiger partial charge on any atom is -0.368 e. The van der Waals surface area contributed by atoms with Gasteiger partial charge in [0.1, 0.15) is 23.0 Å². The van der Waals surface area contributed by atoms with Crippen LogP contribution in [0.1, 0.15) is 41.9 Å². The first kappa shape index (κ1) is 21.2. The zero-order valence-electron chi connectivity index (χ0n) is 17.3. The number of carbonyl (C=O) groups is 1. The van der Waals surface area contributed by atoms with E-state index in [4.69, 9.17) is 0 Å². The number of amides is 1. The van der Waals surface area contributed by atoms with Gasteiger partial charge >= 0.3 is 6.18 Å². The predicted octanol–water partition coefficient (Wildman–Crippen LogP) is 4.52. The van der Waals surface area contributed by atoms with Crippen LogP contribution >= 0.6 is 0 Å². The van der Waals surface area contributed by atoms with Crippen molar-refractivity contribution in [1.82, 2.24) is 24.9 Å². The van der Waals surface area contributed by atoms with Crippen LogP contribution in [0.2, 0.25) is 0 Å². The maximum Gasteiger partial charge on any atom is 0.434 e. The quantitative estimate of drug-likeness (QED) is 0.391. The summed E-state index contributed by atoms with van der Waals surface area (Å²) in [6.07, 6.45) is -0.766. The van der Waals surface area contributed by atoms with Gasteiger partial charge in [-0.15, -0.1) is 0 Å². The molecule has 1 saturated carbocycles. The van der Waals surface area contributed by atoms with E-state index in [0.717, 1.165) is 6.20 Å². The molecular formula is C22H20F4N6O. The summed E-state index contributed by atoms with van der Waals surface area (Å²) in [4.78, 5) is 16.3. The van der Waals surface area contributed by atoms with E-state index in [1.54, 1.807) is 18.2 Å². The van der Waals surface area contributed by atoms with Gasteiger partial charge in [-0.1, -0.05) is 12.1 Å². The molecule has 1 amide bonds. The molecule has 4 aromatic rings. The van der Waals surface area contributed by atoms with Crippen molar-refractivity contribution in [2.45, 2.75) is 43.9 Å². The third kappa shape index (κ3) is 4.10. The Hall–Kier alpha value is -3.63. The highest BCUT2D eigenvalue weighted by Crippen LogP contribution is 2.30. The molecule has 0 radical (unpaired) electrons. The molecule has 1 aliphatic carbocycles. The number of benzene rings is 1. The number of rotatable bonds is 4. The molecular weight excluding hydrogens is 440 g/mol. The minimum atomic E-state index is -4.51. The molecule has 1 fully saturated rings. The van der Waals surface area contributed by atoms with Crippen LogP contribution in [0.4, 0.5) is 23.4 Å². The lowest BCUT2D eigenvalue weighted by Gasteiger charge is -2.30. The van der Waals surface area contributed by atoms with Gasteiger partial charge in [-0.25, -0.2) is 9.37 Å². The second-order valence-corrected chi connectivity index (χ2v) is 8.16. The van der Waals surface area contributed by atoms with Gasteiger partial charge in [-0.3, -0.25) is 14.3 Å². The van der Waals surface area contributed by atoms with Crippen LogP contribution in [-0.2, 0) is 6.18 Å². The number of hydrogen-bond acceptors (Lipinski definition) is 4. The predicted molar refractivity (Wildman–Crippen MR) is 113 cm³/mol. The molecule has 7 nitrogen and oxygen atoms in total. The van der Waals surface area contributed by atoms with Gasteiger partial charge < -0.3 is 10.6 Å². The number of H-pyrrole nitrogens is 1. The number of alkyl halides is 3. The molecule has 1 aliphatic rings. The summed E-state index contributed by atoms with van der Waals surface area (Å²) in [6.45, 7) is 0.